The van der Waals surface area contributed by atoms with E-state index < -0.39 is 0 Å². The Morgan fingerprint density at radius 1 is 0.207 bits per heavy atom. The first-order valence-corrected chi connectivity index (χ1v) is 30.0. The van der Waals surface area contributed by atoms with Crippen molar-refractivity contribution in [2.75, 3.05) is 0 Å². The van der Waals surface area contributed by atoms with Gasteiger partial charge < -0.3 is 27.4 Å². The van der Waals surface area contributed by atoms with Crippen molar-refractivity contribution in [2.45, 2.75) is 6.42 Å². The fourth-order valence-electron chi connectivity index (χ4n) is 15.1. The predicted molar refractivity (Wildman–Crippen MR) is 366 cm³/mol. The van der Waals surface area contributed by atoms with Crippen LogP contribution in [0.15, 0.2) is 298 Å². The lowest BCUT2D eigenvalue weighted by molar-refractivity contribution is 1.09. The van der Waals surface area contributed by atoms with Crippen molar-refractivity contribution in [1.82, 2.24) is 27.4 Å². The van der Waals surface area contributed by atoms with Crippen LogP contribution in [-0.4, -0.2) is 27.4 Å². The molecule has 0 spiro atoms. The summed E-state index contributed by atoms with van der Waals surface area (Å²) < 4.78 is 14.8. The van der Waals surface area contributed by atoms with E-state index >= 15 is 0 Å². The molecule has 0 aliphatic rings. The third-order valence-corrected chi connectivity index (χ3v) is 18.7. The van der Waals surface area contributed by atoms with Gasteiger partial charge >= 0.3 is 0 Å². The maximum Gasteiger partial charge on any atom is 0.0542 e. The summed E-state index contributed by atoms with van der Waals surface area (Å²) in [6, 6.07) is 106. The smallest absolute Gasteiger partial charge is 0.0542 e. The Hall–Kier alpha value is -11.6. The normalized spacial score (nSPS) is 12.2. The van der Waals surface area contributed by atoms with E-state index in [0.29, 0.717) is 6.42 Å². The van der Waals surface area contributed by atoms with Crippen LogP contribution >= 0.6 is 0 Å². The van der Waals surface area contributed by atoms with Crippen LogP contribution in [0.25, 0.3) is 165 Å². The van der Waals surface area contributed by atoms with Gasteiger partial charge in [0.2, 0.25) is 0 Å². The molecule has 13 aromatic carbocycles. The van der Waals surface area contributed by atoms with E-state index in [0.717, 1.165) is 56.2 Å². The number of hydrogen-bond acceptors (Lipinski definition) is 0. The van der Waals surface area contributed by atoms with Crippen molar-refractivity contribution in [3.05, 3.63) is 303 Å². The Bertz CT molecular complexity index is 5590. The number of aromatic nitrogens is 6. The molecule has 0 aliphatic heterocycles. The van der Waals surface area contributed by atoms with Gasteiger partial charge in [0.25, 0.3) is 0 Å². The van der Waals surface area contributed by atoms with Crippen LogP contribution < -0.4 is 0 Å². The van der Waals surface area contributed by atoms with E-state index in [2.05, 4.69) is 319 Å². The second-order valence-electron chi connectivity index (χ2n) is 23.3. The quantitative estimate of drug-likeness (QED) is 0.136. The standard InChI is InChI=1S/C81H52N6/c1-2-19-51-36-37-56(86-77-42-38-52(82-69-28-11-3-20-57(69)58-21-4-12-29-70(58)82)46-65(77)66-47-53(39-43-78(66)86)83-71-30-13-5-22-59(71)60-23-6-14-31-72(60)83)50-81(51)87-79-44-40-54(84-73-32-15-7-24-61(73)62-25-8-16-33-74(62)84)48-67(79)68-49-55(41-45-80(68)87)85-75-34-17-9-26-63(75)64-27-10-18-35-76(64)85/h2-18,20-50H,1,19H2. The summed E-state index contributed by atoms with van der Waals surface area (Å²) in [5.41, 5.74) is 21.9. The molecule has 19 rings (SSSR count). The van der Waals surface area contributed by atoms with Gasteiger partial charge in [-0.15, -0.1) is 6.58 Å². The lowest BCUT2D eigenvalue weighted by Gasteiger charge is -2.17. The lowest BCUT2D eigenvalue weighted by atomic mass is 10.1. The van der Waals surface area contributed by atoms with E-state index in [1.165, 1.54) is 114 Å². The Morgan fingerprint density at radius 2 is 0.414 bits per heavy atom. The van der Waals surface area contributed by atoms with Crippen LogP contribution in [0, 0.1) is 0 Å². The minimum atomic E-state index is 0.688. The Labute approximate surface area is 499 Å². The fourth-order valence-corrected chi connectivity index (χ4v) is 15.1. The average Bonchev–Trinajstić information content (AvgIpc) is 1.97. The van der Waals surface area contributed by atoms with E-state index in [9.17, 15) is 0 Å². The van der Waals surface area contributed by atoms with Gasteiger partial charge in [0.05, 0.1) is 71.9 Å². The van der Waals surface area contributed by atoms with Gasteiger partial charge in [-0.1, -0.05) is 158 Å². The van der Waals surface area contributed by atoms with Crippen LogP contribution in [-0.2, 0) is 6.42 Å². The number of nitrogens with zero attached hydrogens (tertiary/aromatic N) is 6. The maximum absolute atomic E-state index is 4.35. The van der Waals surface area contributed by atoms with Crippen molar-refractivity contribution in [3.63, 3.8) is 0 Å². The molecule has 0 fully saturated rings. The molecule has 406 valence electrons. The highest BCUT2D eigenvalue weighted by Crippen LogP contribution is 2.44. The third kappa shape index (κ3) is 6.75. The molecule has 0 saturated carbocycles. The van der Waals surface area contributed by atoms with Crippen molar-refractivity contribution < 1.29 is 0 Å². The summed E-state index contributed by atoms with van der Waals surface area (Å²) in [4.78, 5) is 0. The molecule has 0 saturated heterocycles. The summed E-state index contributed by atoms with van der Waals surface area (Å²) >= 11 is 0. The molecule has 87 heavy (non-hydrogen) atoms. The molecule has 6 nitrogen and oxygen atoms in total. The molecule has 6 heterocycles. The Balaban J connectivity index is 0.877. The van der Waals surface area contributed by atoms with Gasteiger partial charge in [0, 0.05) is 93.1 Å². The maximum atomic E-state index is 4.35. The van der Waals surface area contributed by atoms with Gasteiger partial charge in [0.1, 0.15) is 0 Å². The van der Waals surface area contributed by atoms with Crippen LogP contribution in [0.4, 0.5) is 0 Å². The van der Waals surface area contributed by atoms with E-state index in [1.54, 1.807) is 0 Å². The second-order valence-corrected chi connectivity index (χ2v) is 23.3. The molecular weight excluding hydrogens is 1060 g/mol. The van der Waals surface area contributed by atoms with E-state index in [-0.39, 0.29) is 0 Å². The molecule has 0 aliphatic carbocycles. The van der Waals surface area contributed by atoms with E-state index in [1.807, 2.05) is 6.08 Å². The zero-order chi connectivity index (χ0) is 57.0. The van der Waals surface area contributed by atoms with Gasteiger partial charge in [0.15, 0.2) is 0 Å². The first-order chi connectivity index (χ1) is 43.1. The molecule has 0 radical (unpaired) electrons. The summed E-state index contributed by atoms with van der Waals surface area (Å²) in [5.74, 6) is 0. The molecule has 0 N–H and O–H groups in total. The zero-order valence-electron chi connectivity index (χ0n) is 47.3. The highest BCUT2D eigenvalue weighted by Gasteiger charge is 2.24. The number of hydrogen-bond donors (Lipinski definition) is 0. The predicted octanol–water partition coefficient (Wildman–Crippen LogP) is 21.0. The van der Waals surface area contributed by atoms with Crippen molar-refractivity contribution in [2.24, 2.45) is 0 Å². The molecule has 6 aromatic heterocycles. The molecule has 19 aromatic rings. The second kappa shape index (κ2) is 18.2. The van der Waals surface area contributed by atoms with Crippen molar-refractivity contribution in [3.8, 4) is 34.1 Å². The summed E-state index contributed by atoms with van der Waals surface area (Å²) in [6.45, 7) is 4.35. The number of rotatable bonds is 8. The van der Waals surface area contributed by atoms with Crippen molar-refractivity contribution in [1.29, 1.82) is 0 Å². The van der Waals surface area contributed by atoms with Gasteiger partial charge in [-0.2, -0.15) is 0 Å². The average molecular weight is 1110 g/mol. The monoisotopic (exact) mass is 1110 g/mol. The van der Waals surface area contributed by atoms with Crippen LogP contribution in [0.2, 0.25) is 0 Å². The summed E-state index contributed by atoms with van der Waals surface area (Å²) in [7, 11) is 0. The number of para-hydroxylation sites is 8. The Morgan fingerprint density at radius 3 is 0.667 bits per heavy atom. The lowest BCUT2D eigenvalue weighted by Crippen LogP contribution is -2.03. The van der Waals surface area contributed by atoms with Gasteiger partial charge in [-0.05, 0) is 145 Å². The van der Waals surface area contributed by atoms with Crippen LogP contribution in [0.5, 0.6) is 0 Å². The first kappa shape index (κ1) is 47.8. The number of benzene rings is 13. The fraction of sp³-hybridized carbons (Fsp3) is 0.0123. The molecule has 0 unspecified atom stereocenters. The summed E-state index contributed by atoms with van der Waals surface area (Å²) in [6.07, 6.45) is 2.73. The Kier molecular flexibility index (Phi) is 10.0. The summed E-state index contributed by atoms with van der Waals surface area (Å²) in [5, 5.41) is 14.6. The highest BCUT2D eigenvalue weighted by atomic mass is 15.0. The SMILES string of the molecule is C=CCc1ccc(-n2c3ccc(-n4c5ccccc5c5ccccc54)cc3c3cc(-n4c5ccccc5c5ccccc54)ccc32)cc1-n1c2ccc(-n3c4ccccc4c4ccccc43)cc2c2cc(-n3c4ccccc4c4ccccc43)ccc21. The number of fused-ring (bicyclic) bond motifs is 18. The first-order valence-electron chi connectivity index (χ1n) is 30.0. The minimum Gasteiger partial charge on any atom is -0.309 e. The van der Waals surface area contributed by atoms with Crippen LogP contribution in [0.3, 0.4) is 0 Å². The van der Waals surface area contributed by atoms with Gasteiger partial charge in [-0.25, -0.2) is 0 Å². The molecule has 0 atom stereocenters. The van der Waals surface area contributed by atoms with Crippen molar-refractivity contribution >= 4 is 131 Å². The van der Waals surface area contributed by atoms with E-state index in [4.69, 9.17) is 0 Å². The van der Waals surface area contributed by atoms with Gasteiger partial charge in [-0.3, -0.25) is 0 Å². The molecule has 0 amide bonds. The highest BCUT2D eigenvalue weighted by molar-refractivity contribution is 6.17. The zero-order valence-corrected chi connectivity index (χ0v) is 47.3. The minimum absolute atomic E-state index is 0.688. The molecular formula is C81H52N6. The number of allylic oxidation sites excluding steroid dienone is 1. The topological polar surface area (TPSA) is 29.6 Å². The molecule has 0 bridgehead atoms. The largest absolute Gasteiger partial charge is 0.309 e. The van der Waals surface area contributed by atoms with Crippen LogP contribution in [0.1, 0.15) is 5.56 Å². The third-order valence-electron chi connectivity index (χ3n) is 18.7. The molecule has 6 heteroatoms.